The van der Waals surface area contributed by atoms with Gasteiger partial charge in [-0.2, -0.15) is 0 Å². The first-order valence-corrected chi connectivity index (χ1v) is 23.8. The fourth-order valence-electron chi connectivity index (χ4n) is 15.6. The molecule has 0 radical (unpaired) electrons. The van der Waals surface area contributed by atoms with Crippen molar-refractivity contribution in [3.8, 4) is 11.3 Å². The quantitative estimate of drug-likeness (QED) is 0.133. The van der Waals surface area contributed by atoms with Crippen molar-refractivity contribution in [3.63, 3.8) is 0 Å². The number of benzene rings is 1. The maximum atomic E-state index is 14.7. The molecule has 12 atom stereocenters. The average Bonchev–Trinajstić information content (AvgIpc) is 3.85. The molecule has 6 saturated carbocycles. The highest BCUT2D eigenvalue weighted by Gasteiger charge is 2.72. The molecule has 60 heavy (non-hydrogen) atoms. The van der Waals surface area contributed by atoms with Crippen LogP contribution in [-0.4, -0.2) is 40.5 Å². The minimum absolute atomic E-state index is 0.111. The van der Waals surface area contributed by atoms with Crippen LogP contribution in [0.15, 0.2) is 48.7 Å². The van der Waals surface area contributed by atoms with Crippen LogP contribution in [-0.2, 0) is 30.4 Å². The Morgan fingerprint density at radius 2 is 1.57 bits per heavy atom. The molecule has 1 aromatic heterocycles. The summed E-state index contributed by atoms with van der Waals surface area (Å²) in [6.07, 6.45) is 14.6. The molecule has 2 N–H and O–H groups in total. The number of rotatable bonds is 11. The highest BCUT2D eigenvalue weighted by Crippen LogP contribution is 2.77. The number of allylic oxidation sites excluding steroid dienone is 1. The molecule has 6 aliphatic rings. The molecule has 328 valence electrons. The van der Waals surface area contributed by atoms with Gasteiger partial charge < -0.3 is 19.8 Å². The van der Waals surface area contributed by atoms with E-state index >= 15 is 0 Å². The Morgan fingerprint density at radius 3 is 2.27 bits per heavy atom. The summed E-state index contributed by atoms with van der Waals surface area (Å²) >= 11 is 0. The van der Waals surface area contributed by atoms with Gasteiger partial charge in [0.25, 0.3) is 0 Å². The van der Waals surface area contributed by atoms with E-state index in [-0.39, 0.29) is 68.8 Å². The van der Waals surface area contributed by atoms with Gasteiger partial charge in [-0.15, -0.1) is 0 Å². The Bertz CT molecular complexity index is 1970. The number of hydrogen-bond donors (Lipinski definition) is 2. The van der Waals surface area contributed by atoms with E-state index in [2.05, 4.69) is 82.5 Å². The fraction of sp³-hybridized carbons (Fsp3) is 0.731. The summed E-state index contributed by atoms with van der Waals surface area (Å²) in [5, 5.41) is 3.41. The number of amides is 1. The monoisotopic (exact) mass is 822 g/mol. The lowest BCUT2D eigenvalue weighted by Crippen LogP contribution is -2.67. The Morgan fingerprint density at radius 1 is 0.833 bits per heavy atom. The SMILES string of the molecule is C=C(C)[C@@H]1CC[C@]2(C(=O)NCc3ncc(-c4ccccc4)[nH]3)CC[C@]3(C)[C@H](CC[C@@H]4[C@@]5(C)CC[C@H](OC(=O)[C@H]6C[C@@H](C(=O)OCCCC)C6(C)C)C(C)(C)[C@@H]5CC[C@]43C)[C@@H]12. The summed E-state index contributed by atoms with van der Waals surface area (Å²) in [5.74, 6) is 2.26. The number of carbonyl (C=O) groups excluding carboxylic acids is 3. The van der Waals surface area contributed by atoms with Gasteiger partial charge in [0.05, 0.1) is 42.3 Å². The third-order valence-corrected chi connectivity index (χ3v) is 19.4. The smallest absolute Gasteiger partial charge is 0.309 e. The van der Waals surface area contributed by atoms with Crippen LogP contribution in [0, 0.1) is 73.9 Å². The van der Waals surface area contributed by atoms with E-state index in [1.807, 2.05) is 38.2 Å². The summed E-state index contributed by atoms with van der Waals surface area (Å²) in [6, 6.07) is 10.2. The maximum absolute atomic E-state index is 14.7. The Labute approximate surface area is 360 Å². The van der Waals surface area contributed by atoms with E-state index in [4.69, 9.17) is 9.47 Å². The molecule has 0 aliphatic heterocycles. The van der Waals surface area contributed by atoms with E-state index in [1.54, 1.807) is 0 Å². The summed E-state index contributed by atoms with van der Waals surface area (Å²) in [5.41, 5.74) is 2.65. The van der Waals surface area contributed by atoms with E-state index in [1.165, 1.54) is 18.4 Å². The van der Waals surface area contributed by atoms with Crippen LogP contribution in [0.25, 0.3) is 11.3 Å². The van der Waals surface area contributed by atoms with Gasteiger partial charge in [0.1, 0.15) is 11.9 Å². The highest BCUT2D eigenvalue weighted by molar-refractivity contribution is 5.84. The molecule has 1 amide bonds. The van der Waals surface area contributed by atoms with Crippen molar-refractivity contribution < 1.29 is 23.9 Å². The summed E-state index contributed by atoms with van der Waals surface area (Å²) in [4.78, 5) is 49.7. The molecule has 6 fully saturated rings. The number of H-pyrrole nitrogens is 1. The molecule has 8 rings (SSSR count). The molecular formula is C52H75N3O5. The number of nitrogens with zero attached hydrogens (tertiary/aromatic N) is 1. The molecular weight excluding hydrogens is 747 g/mol. The second-order valence-electron chi connectivity index (χ2n) is 22.6. The zero-order valence-electron chi connectivity index (χ0n) is 38.4. The predicted molar refractivity (Wildman–Crippen MR) is 236 cm³/mol. The van der Waals surface area contributed by atoms with Crippen LogP contribution in [0.3, 0.4) is 0 Å². The van der Waals surface area contributed by atoms with Crippen LogP contribution >= 0.6 is 0 Å². The normalized spacial score (nSPS) is 39.8. The molecule has 6 aliphatic carbocycles. The van der Waals surface area contributed by atoms with Crippen molar-refractivity contribution in [1.82, 2.24) is 15.3 Å². The number of ether oxygens (including phenoxy) is 2. The number of nitrogens with one attached hydrogen (secondary N) is 2. The van der Waals surface area contributed by atoms with E-state index < -0.39 is 5.41 Å². The van der Waals surface area contributed by atoms with E-state index in [0.29, 0.717) is 43.2 Å². The van der Waals surface area contributed by atoms with Gasteiger partial charge in [0.15, 0.2) is 0 Å². The Kier molecular flexibility index (Phi) is 11.1. The number of imidazole rings is 1. The zero-order chi connectivity index (χ0) is 43.0. The average molecular weight is 822 g/mol. The van der Waals surface area contributed by atoms with Crippen LogP contribution < -0.4 is 5.32 Å². The second-order valence-corrected chi connectivity index (χ2v) is 22.6. The zero-order valence-corrected chi connectivity index (χ0v) is 38.4. The molecule has 8 nitrogen and oxygen atoms in total. The molecule has 8 heteroatoms. The third kappa shape index (κ3) is 6.56. The number of aromatic nitrogens is 2. The Hall–Kier alpha value is -3.42. The van der Waals surface area contributed by atoms with Crippen molar-refractivity contribution >= 4 is 17.8 Å². The molecule has 1 heterocycles. The lowest BCUT2D eigenvalue weighted by Gasteiger charge is -2.73. The summed E-state index contributed by atoms with van der Waals surface area (Å²) < 4.78 is 12.1. The maximum Gasteiger partial charge on any atom is 0.309 e. The van der Waals surface area contributed by atoms with Gasteiger partial charge in [-0.3, -0.25) is 14.4 Å². The van der Waals surface area contributed by atoms with Crippen LogP contribution in [0.2, 0.25) is 0 Å². The van der Waals surface area contributed by atoms with Gasteiger partial charge in [-0.05, 0) is 141 Å². The van der Waals surface area contributed by atoms with Gasteiger partial charge in [0.2, 0.25) is 5.91 Å². The number of esters is 2. The Balaban J connectivity index is 0.973. The van der Waals surface area contributed by atoms with Crippen molar-refractivity contribution in [1.29, 1.82) is 0 Å². The minimum Gasteiger partial charge on any atom is -0.465 e. The lowest BCUT2D eigenvalue weighted by molar-refractivity contribution is -0.251. The van der Waals surface area contributed by atoms with Gasteiger partial charge in [0, 0.05) is 5.41 Å². The fourth-order valence-corrected chi connectivity index (χ4v) is 15.6. The second kappa shape index (κ2) is 15.4. The van der Waals surface area contributed by atoms with Crippen LogP contribution in [0.1, 0.15) is 152 Å². The number of aromatic amines is 1. The summed E-state index contributed by atoms with van der Waals surface area (Å²) in [7, 11) is 0. The first kappa shape index (κ1) is 43.2. The molecule has 1 aromatic carbocycles. The highest BCUT2D eigenvalue weighted by atomic mass is 16.5. The van der Waals surface area contributed by atoms with Crippen LogP contribution in [0.4, 0.5) is 0 Å². The van der Waals surface area contributed by atoms with Gasteiger partial charge in [-0.25, -0.2) is 4.98 Å². The summed E-state index contributed by atoms with van der Waals surface area (Å²) in [6.45, 7) is 26.4. The first-order chi connectivity index (χ1) is 28.3. The predicted octanol–water partition coefficient (Wildman–Crippen LogP) is 11.3. The van der Waals surface area contributed by atoms with Crippen molar-refractivity contribution in [3.05, 3.63) is 54.5 Å². The van der Waals surface area contributed by atoms with Crippen molar-refractivity contribution in [2.45, 2.75) is 158 Å². The van der Waals surface area contributed by atoms with Gasteiger partial charge >= 0.3 is 11.9 Å². The van der Waals surface area contributed by atoms with Gasteiger partial charge in [-0.1, -0.05) is 104 Å². The largest absolute Gasteiger partial charge is 0.465 e. The van der Waals surface area contributed by atoms with Crippen molar-refractivity contribution in [2.75, 3.05) is 6.61 Å². The number of unbranched alkanes of at least 4 members (excludes halogenated alkanes) is 1. The lowest BCUT2D eigenvalue weighted by atomic mass is 9.32. The van der Waals surface area contributed by atoms with Crippen LogP contribution in [0.5, 0.6) is 0 Å². The number of carbonyl (C=O) groups is 3. The molecule has 0 spiro atoms. The third-order valence-electron chi connectivity index (χ3n) is 19.4. The molecule has 0 unspecified atom stereocenters. The minimum atomic E-state index is -0.471. The molecule has 2 aromatic rings. The number of hydrogen-bond acceptors (Lipinski definition) is 6. The molecule has 0 bridgehead atoms. The number of fused-ring (bicyclic) bond motifs is 7. The van der Waals surface area contributed by atoms with E-state index in [9.17, 15) is 14.4 Å². The van der Waals surface area contributed by atoms with E-state index in [0.717, 1.165) is 81.3 Å². The topological polar surface area (TPSA) is 110 Å². The first-order valence-electron chi connectivity index (χ1n) is 23.8. The standard InChI is InChI=1S/C52H75N3O5/c1-11-12-28-59-44(56)36-29-37(47(36,4)5)45(57)60-41-22-23-49(8)39(48(41,6)7)21-24-51(10)40(49)19-18-35-43-34(32(2)3)20-25-52(43,27-26-50(35,51)9)46(58)54-31-42-53-30-38(55-42)33-16-14-13-15-17-33/h13-17,30,34-37,39-41,43H,2,11-12,18-29,31H2,1,3-10H3,(H,53,55)(H,54,58)/t34-,35+,36-,37+,39-,40+,41-,43+,49-,50+,51+,52-/m0/s1. The molecule has 0 saturated heterocycles. The van der Waals surface area contributed by atoms with Crippen molar-refractivity contribution in [2.24, 2.45) is 73.9 Å².